The lowest BCUT2D eigenvalue weighted by atomic mass is 10.2. The zero-order valence-corrected chi connectivity index (χ0v) is 15.0. The van der Waals surface area contributed by atoms with Gasteiger partial charge in [-0.25, -0.2) is 4.98 Å². The van der Waals surface area contributed by atoms with Crippen LogP contribution in [0.3, 0.4) is 0 Å². The highest BCUT2D eigenvalue weighted by Gasteiger charge is 2.11. The number of nitrogens with zero attached hydrogens (tertiary/aromatic N) is 1. The first-order chi connectivity index (χ1) is 12.7. The van der Waals surface area contributed by atoms with E-state index in [4.69, 9.17) is 4.74 Å². The molecule has 4 rings (SSSR count). The number of thiophene rings is 1. The van der Waals surface area contributed by atoms with Gasteiger partial charge in [0, 0.05) is 4.88 Å². The summed E-state index contributed by atoms with van der Waals surface area (Å²) in [5, 5.41) is 2.92. The lowest BCUT2D eigenvalue weighted by molar-refractivity contribution is 0.0954. The van der Waals surface area contributed by atoms with Gasteiger partial charge in [-0.05, 0) is 54.1 Å². The summed E-state index contributed by atoms with van der Waals surface area (Å²) in [6, 6.07) is 19.4. The molecule has 1 amide bonds. The molecule has 2 aromatic heterocycles. The van der Waals surface area contributed by atoms with Gasteiger partial charge in [-0.2, -0.15) is 0 Å². The van der Waals surface area contributed by atoms with E-state index >= 15 is 0 Å². The third-order valence-electron chi connectivity index (χ3n) is 4.06. The first-order valence-corrected chi connectivity index (χ1v) is 9.00. The number of methoxy groups -OCH3 is 1. The van der Waals surface area contributed by atoms with Gasteiger partial charge >= 0.3 is 0 Å². The van der Waals surface area contributed by atoms with E-state index in [1.807, 2.05) is 60.7 Å². The van der Waals surface area contributed by atoms with Crippen molar-refractivity contribution in [3.8, 4) is 16.2 Å². The van der Waals surface area contributed by atoms with Crippen LogP contribution in [0.15, 0.2) is 60.7 Å². The number of nitrogens with one attached hydrogen (secondary N) is 2. The summed E-state index contributed by atoms with van der Waals surface area (Å²) in [5.74, 6) is 1.45. The minimum atomic E-state index is -0.102. The second-order valence-electron chi connectivity index (χ2n) is 5.78. The van der Waals surface area contributed by atoms with Gasteiger partial charge in [0.1, 0.15) is 11.6 Å². The minimum Gasteiger partial charge on any atom is -0.497 e. The summed E-state index contributed by atoms with van der Waals surface area (Å²) in [4.78, 5) is 21.8. The number of imidazole rings is 1. The number of rotatable bonds is 5. The summed E-state index contributed by atoms with van der Waals surface area (Å²) in [6.45, 7) is 0.364. The average Bonchev–Trinajstić information content (AvgIpc) is 3.33. The van der Waals surface area contributed by atoms with Crippen molar-refractivity contribution in [2.75, 3.05) is 7.11 Å². The summed E-state index contributed by atoms with van der Waals surface area (Å²) >= 11 is 1.46. The summed E-state index contributed by atoms with van der Waals surface area (Å²) in [5.41, 5.74) is 2.93. The molecule has 130 valence electrons. The molecule has 0 spiro atoms. The highest BCUT2D eigenvalue weighted by molar-refractivity contribution is 7.17. The first kappa shape index (κ1) is 16.4. The molecule has 0 aliphatic heterocycles. The van der Waals surface area contributed by atoms with Gasteiger partial charge in [0.15, 0.2) is 0 Å². The van der Waals surface area contributed by atoms with Crippen LogP contribution in [0.4, 0.5) is 0 Å². The zero-order valence-electron chi connectivity index (χ0n) is 14.2. The number of ether oxygens (including phenoxy) is 1. The Morgan fingerprint density at radius 1 is 1.12 bits per heavy atom. The second kappa shape index (κ2) is 7.01. The van der Waals surface area contributed by atoms with E-state index in [1.54, 1.807) is 7.11 Å². The topological polar surface area (TPSA) is 67.0 Å². The lowest BCUT2D eigenvalue weighted by Gasteiger charge is -2.02. The number of para-hydroxylation sites is 2. The summed E-state index contributed by atoms with van der Waals surface area (Å²) in [7, 11) is 1.64. The highest BCUT2D eigenvalue weighted by Crippen LogP contribution is 2.29. The Morgan fingerprint density at radius 2 is 1.92 bits per heavy atom. The number of carbonyl (C=O) groups is 1. The van der Waals surface area contributed by atoms with E-state index in [2.05, 4.69) is 15.3 Å². The van der Waals surface area contributed by atoms with Gasteiger partial charge in [-0.1, -0.05) is 12.1 Å². The molecule has 0 saturated heterocycles. The van der Waals surface area contributed by atoms with Crippen LogP contribution in [-0.4, -0.2) is 23.0 Å². The van der Waals surface area contributed by atoms with Crippen molar-refractivity contribution >= 4 is 28.3 Å². The SMILES string of the molecule is COc1ccc(-c2ccc(C(=O)NCc3nc4ccccc4[nH]3)s2)cc1. The molecule has 2 N–H and O–H groups in total. The molecule has 0 atom stereocenters. The maximum atomic E-state index is 12.4. The molecule has 5 nitrogen and oxygen atoms in total. The molecule has 0 radical (unpaired) electrons. The fourth-order valence-corrected chi connectivity index (χ4v) is 3.64. The lowest BCUT2D eigenvalue weighted by Crippen LogP contribution is -2.22. The van der Waals surface area contributed by atoms with Crippen molar-refractivity contribution in [1.29, 1.82) is 0 Å². The fourth-order valence-electron chi connectivity index (χ4n) is 2.71. The van der Waals surface area contributed by atoms with Crippen molar-refractivity contribution in [2.24, 2.45) is 0 Å². The van der Waals surface area contributed by atoms with E-state index in [0.717, 1.165) is 33.0 Å². The van der Waals surface area contributed by atoms with Crippen LogP contribution < -0.4 is 10.1 Å². The number of carbonyl (C=O) groups excluding carboxylic acids is 1. The molecule has 2 aromatic carbocycles. The largest absolute Gasteiger partial charge is 0.497 e. The van der Waals surface area contributed by atoms with Crippen LogP contribution in [0.5, 0.6) is 5.75 Å². The molecule has 0 unspecified atom stereocenters. The van der Waals surface area contributed by atoms with E-state index in [0.29, 0.717) is 11.4 Å². The van der Waals surface area contributed by atoms with Gasteiger partial charge in [-0.3, -0.25) is 4.79 Å². The number of fused-ring (bicyclic) bond motifs is 1. The van der Waals surface area contributed by atoms with Gasteiger partial charge in [0.2, 0.25) is 0 Å². The highest BCUT2D eigenvalue weighted by atomic mass is 32.1. The Bertz CT molecular complexity index is 1020. The quantitative estimate of drug-likeness (QED) is 0.558. The van der Waals surface area contributed by atoms with Crippen molar-refractivity contribution in [2.45, 2.75) is 6.54 Å². The van der Waals surface area contributed by atoms with Crippen molar-refractivity contribution in [3.05, 3.63) is 71.4 Å². The fraction of sp³-hybridized carbons (Fsp3) is 0.100. The maximum absolute atomic E-state index is 12.4. The van der Waals surface area contributed by atoms with E-state index < -0.39 is 0 Å². The normalized spacial score (nSPS) is 10.8. The number of hydrogen-bond acceptors (Lipinski definition) is 4. The smallest absolute Gasteiger partial charge is 0.261 e. The number of amides is 1. The summed E-state index contributed by atoms with van der Waals surface area (Å²) in [6.07, 6.45) is 0. The first-order valence-electron chi connectivity index (χ1n) is 8.19. The van der Waals surface area contributed by atoms with Crippen molar-refractivity contribution < 1.29 is 9.53 Å². The Balaban J connectivity index is 1.44. The van der Waals surface area contributed by atoms with Crippen LogP contribution in [-0.2, 0) is 6.54 Å². The molecular weight excluding hydrogens is 346 g/mol. The van der Waals surface area contributed by atoms with Crippen LogP contribution in [0, 0.1) is 0 Å². The predicted molar refractivity (Wildman–Crippen MR) is 104 cm³/mol. The number of H-pyrrole nitrogens is 1. The van der Waals surface area contributed by atoms with E-state index in [-0.39, 0.29) is 5.91 Å². The average molecular weight is 363 g/mol. The Hall–Kier alpha value is -3.12. The monoisotopic (exact) mass is 363 g/mol. The zero-order chi connectivity index (χ0) is 17.9. The van der Waals surface area contributed by atoms with Crippen molar-refractivity contribution in [3.63, 3.8) is 0 Å². The van der Waals surface area contributed by atoms with Gasteiger partial charge < -0.3 is 15.0 Å². The molecule has 0 bridgehead atoms. The molecule has 0 saturated carbocycles. The van der Waals surface area contributed by atoms with Gasteiger partial charge in [0.05, 0.1) is 29.6 Å². The van der Waals surface area contributed by atoms with E-state index in [1.165, 1.54) is 11.3 Å². The van der Waals surface area contributed by atoms with Crippen LogP contribution >= 0.6 is 11.3 Å². The van der Waals surface area contributed by atoms with Gasteiger partial charge in [0.25, 0.3) is 5.91 Å². The number of hydrogen-bond donors (Lipinski definition) is 2. The number of aromatic amines is 1. The third-order valence-corrected chi connectivity index (χ3v) is 5.19. The Kier molecular flexibility index (Phi) is 4.41. The van der Waals surface area contributed by atoms with Crippen LogP contribution in [0.25, 0.3) is 21.5 Å². The predicted octanol–water partition coefficient (Wildman–Crippen LogP) is 4.23. The molecular formula is C20H17N3O2S. The minimum absolute atomic E-state index is 0.102. The second-order valence-corrected chi connectivity index (χ2v) is 6.86. The number of aromatic nitrogens is 2. The summed E-state index contributed by atoms with van der Waals surface area (Å²) < 4.78 is 5.17. The molecule has 0 fully saturated rings. The molecule has 0 aliphatic rings. The Morgan fingerprint density at radius 3 is 2.69 bits per heavy atom. The van der Waals surface area contributed by atoms with E-state index in [9.17, 15) is 4.79 Å². The molecule has 2 heterocycles. The molecule has 6 heteroatoms. The standard InChI is InChI=1S/C20H17N3O2S/c1-25-14-8-6-13(7-9-14)17-10-11-18(26-17)20(24)21-12-19-22-15-4-2-3-5-16(15)23-19/h2-11H,12H2,1H3,(H,21,24)(H,22,23). The third kappa shape index (κ3) is 3.32. The molecule has 4 aromatic rings. The maximum Gasteiger partial charge on any atom is 0.261 e. The van der Waals surface area contributed by atoms with Crippen LogP contribution in [0.2, 0.25) is 0 Å². The molecule has 26 heavy (non-hydrogen) atoms. The van der Waals surface area contributed by atoms with Crippen molar-refractivity contribution in [1.82, 2.24) is 15.3 Å². The van der Waals surface area contributed by atoms with Gasteiger partial charge in [-0.15, -0.1) is 11.3 Å². The Labute approximate surface area is 154 Å². The molecule has 0 aliphatic carbocycles. The number of benzene rings is 2. The van der Waals surface area contributed by atoms with Crippen LogP contribution in [0.1, 0.15) is 15.5 Å².